The third-order valence-corrected chi connectivity index (χ3v) is 3.62. The van der Waals surface area contributed by atoms with E-state index in [-0.39, 0.29) is 17.4 Å². The zero-order chi connectivity index (χ0) is 13.9. The largest absolute Gasteiger partial charge is 0.374 e. The van der Waals surface area contributed by atoms with Crippen LogP contribution >= 0.6 is 11.5 Å². The first-order valence-corrected chi connectivity index (χ1v) is 7.19. The Balaban J connectivity index is 1.94. The summed E-state index contributed by atoms with van der Waals surface area (Å²) in [4.78, 5) is 12.8. The Kier molecular flexibility index (Phi) is 4.49. The van der Waals surface area contributed by atoms with E-state index in [0.29, 0.717) is 18.0 Å². The number of carbonyl (C=O) groups excluding carboxylic acids is 1. The predicted octanol–water partition coefficient (Wildman–Crippen LogP) is 0.554. The summed E-state index contributed by atoms with van der Waals surface area (Å²) in [6.07, 6.45) is 0.0386. The molecule has 1 atom stereocenters. The van der Waals surface area contributed by atoms with Gasteiger partial charge in [-0.3, -0.25) is 4.79 Å². The van der Waals surface area contributed by atoms with Crippen LogP contribution in [0.3, 0.4) is 0 Å². The number of rotatable bonds is 3. The lowest BCUT2D eigenvalue weighted by Crippen LogP contribution is -2.45. The molecule has 0 aromatic carbocycles. The Morgan fingerprint density at radius 1 is 1.58 bits per heavy atom. The maximum absolute atomic E-state index is 12.2. The van der Waals surface area contributed by atoms with Gasteiger partial charge in [-0.2, -0.15) is 0 Å². The van der Waals surface area contributed by atoms with Crippen LogP contribution in [0, 0.1) is 0 Å². The molecule has 0 radical (unpaired) electrons. The molecule has 7 heteroatoms. The van der Waals surface area contributed by atoms with Crippen LogP contribution in [0.5, 0.6) is 0 Å². The summed E-state index contributed by atoms with van der Waals surface area (Å²) in [5.74, 6) is -0.117. The van der Waals surface area contributed by atoms with Crippen molar-refractivity contribution >= 4 is 17.4 Å². The first kappa shape index (κ1) is 14.4. The van der Waals surface area contributed by atoms with E-state index < -0.39 is 0 Å². The van der Waals surface area contributed by atoms with Gasteiger partial charge in [-0.05, 0) is 11.5 Å². The molecule has 0 aliphatic carbocycles. The molecular weight excluding hydrogens is 264 g/mol. The minimum absolute atomic E-state index is 0.0386. The molecule has 19 heavy (non-hydrogen) atoms. The van der Waals surface area contributed by atoms with Crippen LogP contribution in [0.4, 0.5) is 0 Å². The highest BCUT2D eigenvalue weighted by molar-refractivity contribution is 7.08. The van der Waals surface area contributed by atoms with Crippen LogP contribution < -0.4 is 10.6 Å². The van der Waals surface area contributed by atoms with Crippen LogP contribution in [0.15, 0.2) is 0 Å². The summed E-state index contributed by atoms with van der Waals surface area (Å²) in [6, 6.07) is 0. The first-order chi connectivity index (χ1) is 8.98. The standard InChI is InChI=1S/C12H20N4O2S/c1-12(2,3)10-9(19-16-15-10)11(17)14-7-8-6-13-4-5-18-8/h8,13H,4-7H2,1-3H3,(H,14,17). The van der Waals surface area contributed by atoms with Gasteiger partial charge in [0, 0.05) is 25.0 Å². The Morgan fingerprint density at radius 3 is 3.00 bits per heavy atom. The van der Waals surface area contributed by atoms with E-state index in [4.69, 9.17) is 4.74 Å². The molecule has 1 aromatic heterocycles. The first-order valence-electron chi connectivity index (χ1n) is 6.42. The van der Waals surface area contributed by atoms with Gasteiger partial charge in [-0.1, -0.05) is 25.3 Å². The maximum Gasteiger partial charge on any atom is 0.265 e. The smallest absolute Gasteiger partial charge is 0.265 e. The normalized spacial score (nSPS) is 20.3. The van der Waals surface area contributed by atoms with Crippen molar-refractivity contribution in [3.05, 3.63) is 10.6 Å². The third kappa shape index (κ3) is 3.71. The average Bonchev–Trinajstić information content (AvgIpc) is 2.86. The number of nitrogens with one attached hydrogen (secondary N) is 2. The van der Waals surface area contributed by atoms with Crippen molar-refractivity contribution in [3.63, 3.8) is 0 Å². The van der Waals surface area contributed by atoms with Crippen LogP contribution in [-0.2, 0) is 10.2 Å². The van der Waals surface area contributed by atoms with Gasteiger partial charge in [0.05, 0.1) is 18.4 Å². The number of morpholine rings is 1. The molecule has 106 valence electrons. The SMILES string of the molecule is CC(C)(C)c1nnsc1C(=O)NCC1CNCCO1. The number of hydrogen-bond donors (Lipinski definition) is 2. The van der Waals surface area contributed by atoms with E-state index in [2.05, 4.69) is 20.2 Å². The lowest BCUT2D eigenvalue weighted by molar-refractivity contribution is 0.0287. The molecule has 1 aliphatic rings. The van der Waals surface area contributed by atoms with Gasteiger partial charge in [0.15, 0.2) is 0 Å². The third-order valence-electron chi connectivity index (χ3n) is 2.90. The molecule has 0 spiro atoms. The summed E-state index contributed by atoms with van der Waals surface area (Å²) in [5.41, 5.74) is 0.570. The summed E-state index contributed by atoms with van der Waals surface area (Å²) >= 11 is 1.14. The molecule has 1 saturated heterocycles. The van der Waals surface area contributed by atoms with Crippen LogP contribution in [0.25, 0.3) is 0 Å². The maximum atomic E-state index is 12.2. The van der Waals surface area contributed by atoms with Crippen molar-refractivity contribution in [2.75, 3.05) is 26.2 Å². The van der Waals surface area contributed by atoms with E-state index in [9.17, 15) is 4.79 Å². The quantitative estimate of drug-likeness (QED) is 0.848. The van der Waals surface area contributed by atoms with Crippen LogP contribution in [-0.4, -0.2) is 47.8 Å². The Morgan fingerprint density at radius 2 is 2.37 bits per heavy atom. The van der Waals surface area contributed by atoms with Crippen molar-refractivity contribution < 1.29 is 9.53 Å². The number of amides is 1. The predicted molar refractivity (Wildman–Crippen MR) is 73.6 cm³/mol. The molecule has 1 unspecified atom stereocenters. The lowest BCUT2D eigenvalue weighted by Gasteiger charge is -2.23. The number of hydrogen-bond acceptors (Lipinski definition) is 6. The van der Waals surface area contributed by atoms with Crippen molar-refractivity contribution in [2.45, 2.75) is 32.3 Å². The van der Waals surface area contributed by atoms with Gasteiger partial charge in [0.25, 0.3) is 5.91 Å². The topological polar surface area (TPSA) is 76.1 Å². The summed E-state index contributed by atoms with van der Waals surface area (Å²) in [6.45, 7) is 8.91. The molecular formula is C12H20N4O2S. The molecule has 1 aliphatic heterocycles. The number of carbonyl (C=O) groups is 1. The van der Waals surface area contributed by atoms with E-state index >= 15 is 0 Å². The molecule has 1 fully saturated rings. The summed E-state index contributed by atoms with van der Waals surface area (Å²) < 4.78 is 9.43. The van der Waals surface area contributed by atoms with Crippen molar-refractivity contribution in [1.82, 2.24) is 20.2 Å². The van der Waals surface area contributed by atoms with E-state index in [0.717, 1.165) is 30.3 Å². The van der Waals surface area contributed by atoms with Gasteiger partial charge < -0.3 is 15.4 Å². The van der Waals surface area contributed by atoms with Crippen molar-refractivity contribution in [1.29, 1.82) is 0 Å². The van der Waals surface area contributed by atoms with E-state index in [1.807, 2.05) is 20.8 Å². The zero-order valence-electron chi connectivity index (χ0n) is 11.5. The van der Waals surface area contributed by atoms with Gasteiger partial charge in [0.1, 0.15) is 4.88 Å². The average molecular weight is 284 g/mol. The van der Waals surface area contributed by atoms with Crippen LogP contribution in [0.1, 0.15) is 36.1 Å². The Labute approximate surface area is 117 Å². The monoisotopic (exact) mass is 284 g/mol. The van der Waals surface area contributed by atoms with E-state index in [1.165, 1.54) is 0 Å². The Hall–Kier alpha value is -1.05. The summed E-state index contributed by atoms with van der Waals surface area (Å²) in [5, 5.41) is 10.2. The van der Waals surface area contributed by atoms with E-state index in [1.54, 1.807) is 0 Å². The second kappa shape index (κ2) is 5.94. The minimum atomic E-state index is -0.178. The molecule has 2 N–H and O–H groups in total. The zero-order valence-corrected chi connectivity index (χ0v) is 12.3. The van der Waals surface area contributed by atoms with Gasteiger partial charge in [-0.15, -0.1) is 5.10 Å². The molecule has 6 nitrogen and oxygen atoms in total. The molecule has 1 aromatic rings. The lowest BCUT2D eigenvalue weighted by atomic mass is 9.91. The molecule has 0 bridgehead atoms. The van der Waals surface area contributed by atoms with Crippen LogP contribution in [0.2, 0.25) is 0 Å². The fraction of sp³-hybridized carbons (Fsp3) is 0.750. The molecule has 0 saturated carbocycles. The minimum Gasteiger partial charge on any atom is -0.374 e. The van der Waals surface area contributed by atoms with Crippen molar-refractivity contribution in [2.24, 2.45) is 0 Å². The number of nitrogens with zero attached hydrogens (tertiary/aromatic N) is 2. The molecule has 1 amide bonds. The number of aromatic nitrogens is 2. The highest BCUT2D eigenvalue weighted by Gasteiger charge is 2.26. The van der Waals surface area contributed by atoms with Crippen molar-refractivity contribution in [3.8, 4) is 0 Å². The second-order valence-corrected chi connectivity index (χ2v) is 6.36. The molecule has 2 rings (SSSR count). The number of ether oxygens (including phenoxy) is 1. The molecule has 2 heterocycles. The second-order valence-electron chi connectivity index (χ2n) is 5.61. The fourth-order valence-electron chi connectivity index (χ4n) is 1.87. The van der Waals surface area contributed by atoms with Gasteiger partial charge >= 0.3 is 0 Å². The fourth-order valence-corrected chi connectivity index (χ4v) is 2.66. The highest BCUT2D eigenvalue weighted by atomic mass is 32.1. The van der Waals surface area contributed by atoms with Gasteiger partial charge in [-0.25, -0.2) is 0 Å². The highest BCUT2D eigenvalue weighted by Crippen LogP contribution is 2.25. The summed E-state index contributed by atoms with van der Waals surface area (Å²) in [7, 11) is 0. The van der Waals surface area contributed by atoms with Gasteiger partial charge in [0.2, 0.25) is 0 Å². The Bertz CT molecular complexity index is 435.